The SMILES string of the molecule is COC(=O)Nc1ccc2c(c1)NC(=O)CC2c1cc(OC)c(OC)cc1OC. The highest BCUT2D eigenvalue weighted by atomic mass is 16.5. The molecule has 2 N–H and O–H groups in total. The van der Waals surface area contributed by atoms with E-state index in [2.05, 4.69) is 15.4 Å². The monoisotopic (exact) mass is 386 g/mol. The number of carbonyl (C=O) groups is 2. The number of fused-ring (bicyclic) bond motifs is 1. The lowest BCUT2D eigenvalue weighted by molar-refractivity contribution is -0.116. The van der Waals surface area contributed by atoms with E-state index in [1.54, 1.807) is 39.5 Å². The van der Waals surface area contributed by atoms with E-state index in [1.165, 1.54) is 7.11 Å². The zero-order valence-corrected chi connectivity index (χ0v) is 16.1. The minimum absolute atomic E-state index is 0.135. The summed E-state index contributed by atoms with van der Waals surface area (Å²) in [5.41, 5.74) is 2.85. The molecule has 0 aliphatic carbocycles. The average Bonchev–Trinajstić information content (AvgIpc) is 2.71. The summed E-state index contributed by atoms with van der Waals surface area (Å²) in [6.07, 6.45) is -0.331. The first-order chi connectivity index (χ1) is 13.5. The summed E-state index contributed by atoms with van der Waals surface area (Å²) in [6.45, 7) is 0. The predicted molar refractivity (Wildman–Crippen MR) is 104 cm³/mol. The van der Waals surface area contributed by atoms with Crippen molar-refractivity contribution in [2.75, 3.05) is 39.1 Å². The number of hydrogen-bond donors (Lipinski definition) is 2. The van der Waals surface area contributed by atoms with Crippen LogP contribution in [0.5, 0.6) is 17.2 Å². The van der Waals surface area contributed by atoms with Gasteiger partial charge in [0.15, 0.2) is 11.5 Å². The Bertz CT molecular complexity index is 912. The fourth-order valence-electron chi connectivity index (χ4n) is 3.31. The number of carbonyl (C=O) groups excluding carboxylic acids is 2. The van der Waals surface area contributed by atoms with Gasteiger partial charge in [0.05, 0.1) is 28.4 Å². The number of benzene rings is 2. The van der Waals surface area contributed by atoms with Gasteiger partial charge in [0.2, 0.25) is 5.91 Å². The number of anilines is 2. The second-order valence-corrected chi connectivity index (χ2v) is 6.17. The van der Waals surface area contributed by atoms with Gasteiger partial charge in [-0.15, -0.1) is 0 Å². The average molecular weight is 386 g/mol. The first kappa shape index (κ1) is 19.3. The second kappa shape index (κ2) is 8.08. The molecule has 0 spiro atoms. The van der Waals surface area contributed by atoms with Crippen LogP contribution in [0.15, 0.2) is 30.3 Å². The van der Waals surface area contributed by atoms with Gasteiger partial charge in [-0.2, -0.15) is 0 Å². The highest BCUT2D eigenvalue weighted by Crippen LogP contribution is 2.45. The Morgan fingerprint density at radius 2 is 1.64 bits per heavy atom. The minimum atomic E-state index is -0.583. The van der Waals surface area contributed by atoms with E-state index >= 15 is 0 Å². The Hall–Kier alpha value is -3.42. The van der Waals surface area contributed by atoms with Gasteiger partial charge >= 0.3 is 6.09 Å². The topological polar surface area (TPSA) is 95.1 Å². The maximum atomic E-state index is 12.4. The molecule has 1 aliphatic rings. The van der Waals surface area contributed by atoms with Crippen LogP contribution in [0.1, 0.15) is 23.5 Å². The first-order valence-corrected chi connectivity index (χ1v) is 8.59. The Morgan fingerprint density at radius 3 is 2.29 bits per heavy atom. The van der Waals surface area contributed by atoms with E-state index < -0.39 is 6.09 Å². The number of rotatable bonds is 5. The van der Waals surface area contributed by atoms with Crippen LogP contribution in [-0.2, 0) is 9.53 Å². The molecule has 1 heterocycles. The smallest absolute Gasteiger partial charge is 0.411 e. The van der Waals surface area contributed by atoms with Gasteiger partial charge in [-0.3, -0.25) is 10.1 Å². The Balaban J connectivity index is 2.07. The van der Waals surface area contributed by atoms with Crippen molar-refractivity contribution in [2.24, 2.45) is 0 Å². The summed E-state index contributed by atoms with van der Waals surface area (Å²) < 4.78 is 20.9. The Labute approximate surface area is 162 Å². The number of methoxy groups -OCH3 is 4. The predicted octanol–water partition coefficient (Wildman–Crippen LogP) is 3.36. The second-order valence-electron chi connectivity index (χ2n) is 6.17. The molecule has 1 atom stereocenters. The lowest BCUT2D eigenvalue weighted by Gasteiger charge is -2.28. The molecular weight excluding hydrogens is 364 g/mol. The van der Waals surface area contributed by atoms with Crippen LogP contribution in [0.2, 0.25) is 0 Å². The standard InChI is InChI=1S/C20H22N2O6/c1-25-16-10-18(27-3)17(26-2)8-14(16)13-9-19(23)22-15-7-11(5-6-12(13)15)21-20(24)28-4/h5-8,10,13H,9H2,1-4H3,(H,21,24)(H,22,23). The van der Waals surface area contributed by atoms with Crippen LogP contribution >= 0.6 is 0 Å². The molecule has 0 saturated carbocycles. The minimum Gasteiger partial charge on any atom is -0.496 e. The summed E-state index contributed by atoms with van der Waals surface area (Å²) in [4.78, 5) is 23.8. The maximum absolute atomic E-state index is 12.4. The van der Waals surface area contributed by atoms with E-state index in [1.807, 2.05) is 12.1 Å². The van der Waals surface area contributed by atoms with Crippen molar-refractivity contribution in [1.29, 1.82) is 0 Å². The summed E-state index contributed by atoms with van der Waals surface area (Å²) in [6, 6.07) is 8.89. The Morgan fingerprint density at radius 1 is 0.964 bits per heavy atom. The zero-order chi connectivity index (χ0) is 20.3. The van der Waals surface area contributed by atoms with E-state index in [-0.39, 0.29) is 18.2 Å². The fourth-order valence-corrected chi connectivity index (χ4v) is 3.31. The molecule has 2 aromatic carbocycles. The summed E-state index contributed by atoms with van der Waals surface area (Å²) in [5, 5.41) is 5.45. The van der Waals surface area contributed by atoms with Crippen LogP contribution in [-0.4, -0.2) is 40.4 Å². The molecule has 0 bridgehead atoms. The van der Waals surface area contributed by atoms with Crippen molar-refractivity contribution in [3.63, 3.8) is 0 Å². The molecule has 0 fully saturated rings. The molecule has 0 radical (unpaired) electrons. The molecule has 0 aromatic heterocycles. The van der Waals surface area contributed by atoms with Crippen molar-refractivity contribution in [1.82, 2.24) is 0 Å². The van der Waals surface area contributed by atoms with Gasteiger partial charge < -0.3 is 24.3 Å². The molecule has 2 aromatic rings. The maximum Gasteiger partial charge on any atom is 0.411 e. The third-order valence-electron chi connectivity index (χ3n) is 4.64. The quantitative estimate of drug-likeness (QED) is 0.818. The molecule has 3 rings (SSSR count). The number of hydrogen-bond acceptors (Lipinski definition) is 6. The van der Waals surface area contributed by atoms with Gasteiger partial charge in [-0.05, 0) is 23.8 Å². The summed E-state index contributed by atoms with van der Waals surface area (Å²) >= 11 is 0. The molecule has 28 heavy (non-hydrogen) atoms. The van der Waals surface area contributed by atoms with Crippen molar-refractivity contribution in [2.45, 2.75) is 12.3 Å². The lowest BCUT2D eigenvalue weighted by atomic mass is 9.84. The normalized spacial score (nSPS) is 15.1. The highest BCUT2D eigenvalue weighted by Gasteiger charge is 2.30. The fraction of sp³-hybridized carbons (Fsp3) is 0.300. The van der Waals surface area contributed by atoms with E-state index in [0.29, 0.717) is 28.6 Å². The molecule has 1 unspecified atom stereocenters. The number of nitrogens with one attached hydrogen (secondary N) is 2. The van der Waals surface area contributed by atoms with Gasteiger partial charge in [0, 0.05) is 35.3 Å². The Kier molecular flexibility index (Phi) is 5.58. The molecule has 1 aliphatic heterocycles. The van der Waals surface area contributed by atoms with Gasteiger partial charge in [0.25, 0.3) is 0 Å². The van der Waals surface area contributed by atoms with Crippen molar-refractivity contribution >= 4 is 23.4 Å². The third-order valence-corrected chi connectivity index (χ3v) is 4.64. The van der Waals surface area contributed by atoms with Crippen LogP contribution in [0, 0.1) is 0 Å². The summed E-state index contributed by atoms with van der Waals surface area (Å²) in [7, 11) is 5.96. The van der Waals surface area contributed by atoms with Crippen LogP contribution in [0.3, 0.4) is 0 Å². The van der Waals surface area contributed by atoms with Crippen LogP contribution < -0.4 is 24.8 Å². The zero-order valence-electron chi connectivity index (χ0n) is 16.1. The third kappa shape index (κ3) is 3.66. The van der Waals surface area contributed by atoms with Gasteiger partial charge in [0.1, 0.15) is 5.75 Å². The van der Waals surface area contributed by atoms with Crippen molar-refractivity contribution in [3.8, 4) is 17.2 Å². The van der Waals surface area contributed by atoms with E-state index in [4.69, 9.17) is 14.2 Å². The molecule has 148 valence electrons. The van der Waals surface area contributed by atoms with Crippen molar-refractivity contribution < 1.29 is 28.5 Å². The van der Waals surface area contributed by atoms with E-state index in [0.717, 1.165) is 11.1 Å². The number of amides is 2. The lowest BCUT2D eigenvalue weighted by Crippen LogP contribution is -2.24. The molecule has 2 amide bonds. The largest absolute Gasteiger partial charge is 0.496 e. The molecule has 0 saturated heterocycles. The highest BCUT2D eigenvalue weighted by molar-refractivity contribution is 5.97. The van der Waals surface area contributed by atoms with Crippen molar-refractivity contribution in [3.05, 3.63) is 41.5 Å². The van der Waals surface area contributed by atoms with Crippen LogP contribution in [0.25, 0.3) is 0 Å². The molecule has 8 heteroatoms. The molecular formula is C20H22N2O6. The van der Waals surface area contributed by atoms with Gasteiger partial charge in [-0.1, -0.05) is 6.07 Å². The number of ether oxygens (including phenoxy) is 4. The summed E-state index contributed by atoms with van der Waals surface area (Å²) in [5.74, 6) is 1.31. The van der Waals surface area contributed by atoms with Gasteiger partial charge in [-0.25, -0.2) is 4.79 Å². The van der Waals surface area contributed by atoms with E-state index in [9.17, 15) is 9.59 Å². The first-order valence-electron chi connectivity index (χ1n) is 8.59. The molecule has 8 nitrogen and oxygen atoms in total. The van der Waals surface area contributed by atoms with Crippen LogP contribution in [0.4, 0.5) is 16.2 Å².